The first-order valence-electron chi connectivity index (χ1n) is 6.58. The molecular weight excluding hydrogens is 242 g/mol. The van der Waals surface area contributed by atoms with Crippen molar-refractivity contribution >= 4 is 17.3 Å². The van der Waals surface area contributed by atoms with Crippen LogP contribution in [0.3, 0.4) is 0 Å². The van der Waals surface area contributed by atoms with E-state index in [1.54, 1.807) is 0 Å². The summed E-state index contributed by atoms with van der Waals surface area (Å²) in [4.78, 5) is 4.72. The molecule has 1 aromatic carbocycles. The number of nitrogens with one attached hydrogen (secondary N) is 1. The molecule has 1 aliphatic heterocycles. The smallest absolute Gasteiger partial charge is 0.169 e. The van der Waals surface area contributed by atoms with Gasteiger partial charge in [0.25, 0.3) is 0 Å². The van der Waals surface area contributed by atoms with E-state index in [2.05, 4.69) is 46.3 Å². The Morgan fingerprint density at radius 2 is 1.83 bits per heavy atom. The summed E-state index contributed by atoms with van der Waals surface area (Å²) >= 11 is 5.44. The van der Waals surface area contributed by atoms with Gasteiger partial charge in [-0.05, 0) is 24.3 Å². The summed E-state index contributed by atoms with van der Waals surface area (Å²) < 4.78 is 0. The summed E-state index contributed by atoms with van der Waals surface area (Å²) in [6, 6.07) is 10.4. The van der Waals surface area contributed by atoms with Crippen LogP contribution in [0.4, 0.5) is 0 Å². The molecule has 0 atom stereocenters. The number of rotatable bonds is 3. The van der Waals surface area contributed by atoms with Crippen LogP contribution in [0, 0.1) is 0 Å². The molecular formula is C14H21N3S. The van der Waals surface area contributed by atoms with Gasteiger partial charge in [-0.1, -0.05) is 37.3 Å². The van der Waals surface area contributed by atoms with Crippen LogP contribution in [-0.4, -0.2) is 47.6 Å². The van der Waals surface area contributed by atoms with Crippen molar-refractivity contribution in [3.63, 3.8) is 0 Å². The quantitative estimate of drug-likeness (QED) is 0.836. The van der Waals surface area contributed by atoms with Gasteiger partial charge < -0.3 is 15.1 Å². The van der Waals surface area contributed by atoms with Crippen LogP contribution < -0.4 is 5.32 Å². The predicted molar refractivity (Wildman–Crippen MR) is 79.6 cm³/mol. The average molecular weight is 263 g/mol. The van der Waals surface area contributed by atoms with Crippen molar-refractivity contribution in [3.8, 4) is 0 Å². The van der Waals surface area contributed by atoms with Crippen LogP contribution in [0.1, 0.15) is 12.5 Å². The van der Waals surface area contributed by atoms with Crippen LogP contribution in [0.15, 0.2) is 30.3 Å². The van der Waals surface area contributed by atoms with E-state index < -0.39 is 0 Å². The zero-order valence-electron chi connectivity index (χ0n) is 10.9. The maximum atomic E-state index is 5.44. The van der Waals surface area contributed by atoms with Gasteiger partial charge in [0.1, 0.15) is 0 Å². The highest BCUT2D eigenvalue weighted by Gasteiger charge is 2.17. The maximum absolute atomic E-state index is 5.44. The van der Waals surface area contributed by atoms with Crippen molar-refractivity contribution in [2.24, 2.45) is 0 Å². The lowest BCUT2D eigenvalue weighted by atomic mass is 10.2. The predicted octanol–water partition coefficient (Wildman–Crippen LogP) is 1.70. The first-order chi connectivity index (χ1) is 8.79. The van der Waals surface area contributed by atoms with Crippen molar-refractivity contribution in [2.45, 2.75) is 13.5 Å². The Balaban J connectivity index is 1.75. The summed E-state index contributed by atoms with van der Waals surface area (Å²) in [6.45, 7) is 8.46. The van der Waals surface area contributed by atoms with Crippen molar-refractivity contribution in [1.82, 2.24) is 15.1 Å². The molecule has 0 aromatic heterocycles. The number of hydrogen-bond acceptors (Lipinski definition) is 2. The highest BCUT2D eigenvalue weighted by molar-refractivity contribution is 7.80. The van der Waals surface area contributed by atoms with Crippen LogP contribution >= 0.6 is 12.2 Å². The Morgan fingerprint density at radius 1 is 1.17 bits per heavy atom. The van der Waals surface area contributed by atoms with Crippen LogP contribution in [0.25, 0.3) is 0 Å². The first-order valence-corrected chi connectivity index (χ1v) is 6.99. The van der Waals surface area contributed by atoms with Gasteiger partial charge in [-0.2, -0.15) is 0 Å². The number of hydrogen-bond donors (Lipinski definition) is 1. The third-order valence-corrected chi connectivity index (χ3v) is 3.80. The number of nitrogens with zero attached hydrogens (tertiary/aromatic N) is 2. The molecule has 0 saturated carbocycles. The summed E-state index contributed by atoms with van der Waals surface area (Å²) in [5.74, 6) is 0. The number of benzene rings is 1. The summed E-state index contributed by atoms with van der Waals surface area (Å²) in [6.07, 6.45) is 0. The largest absolute Gasteiger partial charge is 0.358 e. The fourth-order valence-electron chi connectivity index (χ4n) is 2.15. The number of piperazine rings is 1. The number of thiocarbonyl (C=S) groups is 1. The molecule has 1 heterocycles. The van der Waals surface area contributed by atoms with Gasteiger partial charge in [0.15, 0.2) is 5.11 Å². The lowest BCUT2D eigenvalue weighted by molar-refractivity contribution is 0.189. The van der Waals surface area contributed by atoms with E-state index in [0.29, 0.717) is 0 Å². The molecule has 98 valence electrons. The Kier molecular flexibility index (Phi) is 4.96. The second kappa shape index (κ2) is 6.71. The molecule has 0 spiro atoms. The molecule has 3 nitrogen and oxygen atoms in total. The SMILES string of the molecule is CCN1CCN(C(=S)NCc2ccccc2)CC1. The molecule has 0 radical (unpaired) electrons. The van der Waals surface area contributed by atoms with Gasteiger partial charge in [0, 0.05) is 32.7 Å². The van der Waals surface area contributed by atoms with Crippen LogP contribution in [0.2, 0.25) is 0 Å². The molecule has 1 N–H and O–H groups in total. The van der Waals surface area contributed by atoms with E-state index in [-0.39, 0.29) is 0 Å². The Labute approximate surface area is 115 Å². The standard InChI is InChI=1S/C14H21N3S/c1-2-16-8-10-17(11-9-16)14(18)15-12-13-6-4-3-5-7-13/h3-7H,2,8-12H2,1H3,(H,15,18). The van der Waals surface area contributed by atoms with E-state index in [1.165, 1.54) is 5.56 Å². The van der Waals surface area contributed by atoms with E-state index in [9.17, 15) is 0 Å². The minimum absolute atomic E-state index is 0.813. The van der Waals surface area contributed by atoms with Crippen molar-refractivity contribution < 1.29 is 0 Å². The number of likely N-dealkylation sites (N-methyl/N-ethyl adjacent to an activating group) is 1. The Morgan fingerprint density at radius 3 is 2.44 bits per heavy atom. The summed E-state index contributed by atoms with van der Waals surface area (Å²) in [5, 5.41) is 4.22. The van der Waals surface area contributed by atoms with E-state index in [0.717, 1.165) is 44.4 Å². The van der Waals surface area contributed by atoms with E-state index in [1.807, 2.05) is 6.07 Å². The minimum atomic E-state index is 0.813. The molecule has 0 unspecified atom stereocenters. The van der Waals surface area contributed by atoms with Gasteiger partial charge >= 0.3 is 0 Å². The van der Waals surface area contributed by atoms with Gasteiger partial charge in [-0.15, -0.1) is 0 Å². The fourth-order valence-corrected chi connectivity index (χ4v) is 2.41. The molecule has 0 bridgehead atoms. The molecule has 1 fully saturated rings. The summed E-state index contributed by atoms with van der Waals surface area (Å²) in [5.41, 5.74) is 1.27. The second-order valence-electron chi connectivity index (χ2n) is 4.57. The Bertz CT molecular complexity index is 372. The fraction of sp³-hybridized carbons (Fsp3) is 0.500. The van der Waals surface area contributed by atoms with Gasteiger partial charge in [0.2, 0.25) is 0 Å². The second-order valence-corrected chi connectivity index (χ2v) is 4.95. The minimum Gasteiger partial charge on any atom is -0.358 e. The molecule has 0 aliphatic carbocycles. The molecule has 1 aliphatic rings. The van der Waals surface area contributed by atoms with Gasteiger partial charge in [0.05, 0.1) is 0 Å². The van der Waals surface area contributed by atoms with E-state index in [4.69, 9.17) is 12.2 Å². The molecule has 1 aromatic rings. The van der Waals surface area contributed by atoms with Crippen molar-refractivity contribution in [1.29, 1.82) is 0 Å². The molecule has 1 saturated heterocycles. The van der Waals surface area contributed by atoms with Gasteiger partial charge in [-0.3, -0.25) is 0 Å². The lowest BCUT2D eigenvalue weighted by Gasteiger charge is -2.35. The highest BCUT2D eigenvalue weighted by atomic mass is 32.1. The molecule has 18 heavy (non-hydrogen) atoms. The highest BCUT2D eigenvalue weighted by Crippen LogP contribution is 2.03. The zero-order chi connectivity index (χ0) is 12.8. The third kappa shape index (κ3) is 3.68. The maximum Gasteiger partial charge on any atom is 0.169 e. The van der Waals surface area contributed by atoms with E-state index >= 15 is 0 Å². The average Bonchev–Trinajstić information content (AvgIpc) is 2.46. The van der Waals surface area contributed by atoms with Crippen LogP contribution in [-0.2, 0) is 6.54 Å². The first kappa shape index (κ1) is 13.3. The molecule has 2 rings (SSSR count). The zero-order valence-corrected chi connectivity index (χ0v) is 11.7. The van der Waals surface area contributed by atoms with Crippen molar-refractivity contribution in [3.05, 3.63) is 35.9 Å². The topological polar surface area (TPSA) is 18.5 Å². The Hall–Kier alpha value is -1.13. The lowest BCUT2D eigenvalue weighted by Crippen LogP contribution is -2.51. The van der Waals surface area contributed by atoms with Crippen molar-refractivity contribution in [2.75, 3.05) is 32.7 Å². The molecule has 0 amide bonds. The third-order valence-electron chi connectivity index (χ3n) is 3.39. The normalized spacial score (nSPS) is 16.6. The van der Waals surface area contributed by atoms with Crippen LogP contribution in [0.5, 0.6) is 0 Å². The molecule has 4 heteroatoms. The van der Waals surface area contributed by atoms with Gasteiger partial charge in [-0.25, -0.2) is 0 Å². The summed E-state index contributed by atoms with van der Waals surface area (Å²) in [7, 11) is 0. The monoisotopic (exact) mass is 263 g/mol.